The van der Waals surface area contributed by atoms with Crippen LogP contribution in [0.4, 0.5) is 0 Å². The Balaban J connectivity index is 1.87. The molecule has 0 aliphatic rings. The van der Waals surface area contributed by atoms with Crippen molar-refractivity contribution in [3.63, 3.8) is 0 Å². The number of aromatic nitrogens is 2. The first-order valence-electron chi connectivity index (χ1n) is 7.00. The predicted molar refractivity (Wildman–Crippen MR) is 89.0 cm³/mol. The zero-order valence-electron chi connectivity index (χ0n) is 11.5. The van der Waals surface area contributed by atoms with Gasteiger partial charge in [-0.05, 0) is 29.8 Å². The molecule has 2 aromatic carbocycles. The fourth-order valence-corrected chi connectivity index (χ4v) is 2.68. The molecular weight excluding hydrogens is 256 g/mol. The molecule has 0 unspecified atom stereocenters. The molecule has 4 aromatic rings. The second-order valence-electron chi connectivity index (χ2n) is 5.03. The third-order valence-corrected chi connectivity index (χ3v) is 3.70. The van der Waals surface area contributed by atoms with Gasteiger partial charge >= 0.3 is 0 Å². The highest BCUT2D eigenvalue weighted by atomic mass is 14.7. The molecule has 2 nitrogen and oxygen atoms in total. The minimum absolute atomic E-state index is 0.964. The van der Waals surface area contributed by atoms with Gasteiger partial charge in [-0.2, -0.15) is 0 Å². The molecule has 0 bridgehead atoms. The number of hydrogen-bond donors (Lipinski definition) is 1. The Morgan fingerprint density at radius 3 is 2.52 bits per heavy atom. The van der Waals surface area contributed by atoms with Gasteiger partial charge in [-0.25, -0.2) is 0 Å². The zero-order chi connectivity index (χ0) is 14.1. The van der Waals surface area contributed by atoms with Crippen molar-refractivity contribution in [3.05, 3.63) is 78.1 Å². The summed E-state index contributed by atoms with van der Waals surface area (Å²) >= 11 is 0. The maximum Gasteiger partial charge on any atom is 0.0629 e. The molecule has 0 aliphatic carbocycles. The van der Waals surface area contributed by atoms with E-state index in [9.17, 15) is 0 Å². The number of para-hydroxylation sites is 2. The van der Waals surface area contributed by atoms with Gasteiger partial charge in [0.25, 0.3) is 0 Å². The summed E-state index contributed by atoms with van der Waals surface area (Å²) in [6.07, 6.45) is 5.96. The average Bonchev–Trinajstić information content (AvgIpc) is 2.93. The van der Waals surface area contributed by atoms with Crippen molar-refractivity contribution in [2.24, 2.45) is 0 Å². The van der Waals surface area contributed by atoms with Crippen molar-refractivity contribution in [1.29, 1.82) is 0 Å². The van der Waals surface area contributed by atoms with E-state index in [0.29, 0.717) is 0 Å². The van der Waals surface area contributed by atoms with Crippen LogP contribution in [0.15, 0.2) is 66.9 Å². The monoisotopic (exact) mass is 270 g/mol. The Kier molecular flexibility index (Phi) is 2.79. The lowest BCUT2D eigenvalue weighted by atomic mass is 10.1. The maximum atomic E-state index is 4.32. The van der Waals surface area contributed by atoms with Crippen LogP contribution in [0.5, 0.6) is 0 Å². The van der Waals surface area contributed by atoms with E-state index in [1.165, 1.54) is 27.4 Å². The second-order valence-corrected chi connectivity index (χ2v) is 5.03. The molecule has 4 rings (SSSR count). The van der Waals surface area contributed by atoms with Crippen molar-refractivity contribution in [2.45, 2.75) is 0 Å². The molecular formula is C19H14N2. The number of pyridine rings is 1. The maximum absolute atomic E-state index is 4.32. The number of aromatic amines is 1. The van der Waals surface area contributed by atoms with Crippen molar-refractivity contribution < 1.29 is 0 Å². The summed E-state index contributed by atoms with van der Waals surface area (Å²) in [5, 5.41) is 2.52. The number of nitrogens with zero attached hydrogens (tertiary/aromatic N) is 1. The molecule has 0 saturated heterocycles. The minimum atomic E-state index is 0.964. The Morgan fingerprint density at radius 1 is 0.762 bits per heavy atom. The van der Waals surface area contributed by atoms with Crippen LogP contribution in [0, 0.1) is 0 Å². The normalized spacial score (nSPS) is 11.6. The molecule has 0 atom stereocenters. The molecule has 0 spiro atoms. The highest BCUT2D eigenvalue weighted by Crippen LogP contribution is 2.28. The summed E-state index contributed by atoms with van der Waals surface area (Å²) < 4.78 is 0. The van der Waals surface area contributed by atoms with E-state index >= 15 is 0 Å². The van der Waals surface area contributed by atoms with E-state index in [-0.39, 0.29) is 0 Å². The lowest BCUT2D eigenvalue weighted by Crippen LogP contribution is -1.78. The van der Waals surface area contributed by atoms with Crippen molar-refractivity contribution in [3.8, 4) is 0 Å². The molecule has 2 aromatic heterocycles. The third-order valence-electron chi connectivity index (χ3n) is 3.70. The van der Waals surface area contributed by atoms with Crippen LogP contribution in [0.2, 0.25) is 0 Å². The summed E-state index contributed by atoms with van der Waals surface area (Å²) in [6, 6.07) is 20.7. The Hall–Kier alpha value is -2.87. The van der Waals surface area contributed by atoms with E-state index in [2.05, 4.69) is 58.5 Å². The van der Waals surface area contributed by atoms with E-state index in [1.807, 2.05) is 30.5 Å². The van der Waals surface area contributed by atoms with Crippen molar-refractivity contribution in [1.82, 2.24) is 9.97 Å². The SMILES string of the molecule is C(=Cc1cccc2c1[nH]c1ccccc12)c1ccccn1. The van der Waals surface area contributed by atoms with Crippen LogP contribution in [0.1, 0.15) is 11.3 Å². The Morgan fingerprint density at radius 2 is 1.62 bits per heavy atom. The average molecular weight is 270 g/mol. The highest BCUT2D eigenvalue weighted by molar-refractivity contribution is 6.09. The van der Waals surface area contributed by atoms with Crippen LogP contribution < -0.4 is 0 Å². The summed E-state index contributed by atoms with van der Waals surface area (Å²) in [4.78, 5) is 7.83. The molecule has 0 radical (unpaired) electrons. The van der Waals surface area contributed by atoms with E-state index in [4.69, 9.17) is 0 Å². The summed E-state index contributed by atoms with van der Waals surface area (Å²) in [7, 11) is 0. The Bertz CT molecular complexity index is 934. The van der Waals surface area contributed by atoms with E-state index < -0.39 is 0 Å². The number of H-pyrrole nitrogens is 1. The topological polar surface area (TPSA) is 28.7 Å². The number of hydrogen-bond acceptors (Lipinski definition) is 1. The van der Waals surface area contributed by atoms with Gasteiger partial charge in [-0.1, -0.05) is 48.5 Å². The van der Waals surface area contributed by atoms with Gasteiger partial charge in [0.1, 0.15) is 0 Å². The Labute approximate surface area is 122 Å². The molecule has 2 heteroatoms. The van der Waals surface area contributed by atoms with Crippen LogP contribution in [-0.2, 0) is 0 Å². The first-order valence-corrected chi connectivity index (χ1v) is 7.00. The standard InChI is InChI=1S/C19H14N2/c1-2-10-18-16(8-1)17-9-5-6-14(19(17)21-18)11-12-15-7-3-4-13-20-15/h1-13,21H. The van der Waals surface area contributed by atoms with Gasteiger partial charge in [0, 0.05) is 22.5 Å². The molecule has 0 aliphatic heterocycles. The van der Waals surface area contributed by atoms with Crippen molar-refractivity contribution >= 4 is 34.0 Å². The van der Waals surface area contributed by atoms with Gasteiger partial charge in [0.2, 0.25) is 0 Å². The second kappa shape index (κ2) is 4.91. The van der Waals surface area contributed by atoms with E-state index in [0.717, 1.165) is 5.69 Å². The number of fused-ring (bicyclic) bond motifs is 3. The molecule has 21 heavy (non-hydrogen) atoms. The van der Waals surface area contributed by atoms with Gasteiger partial charge in [-0.3, -0.25) is 4.98 Å². The van der Waals surface area contributed by atoms with Crippen LogP contribution in [0.25, 0.3) is 34.0 Å². The largest absolute Gasteiger partial charge is 0.354 e. The van der Waals surface area contributed by atoms with Gasteiger partial charge < -0.3 is 4.98 Å². The first-order chi connectivity index (χ1) is 10.4. The summed E-state index contributed by atoms with van der Waals surface area (Å²) in [5.74, 6) is 0. The zero-order valence-corrected chi connectivity index (χ0v) is 11.5. The molecule has 0 saturated carbocycles. The molecule has 0 amide bonds. The summed E-state index contributed by atoms with van der Waals surface area (Å²) in [6.45, 7) is 0. The number of rotatable bonds is 2. The minimum Gasteiger partial charge on any atom is -0.354 e. The smallest absolute Gasteiger partial charge is 0.0629 e. The number of benzene rings is 2. The number of nitrogens with one attached hydrogen (secondary N) is 1. The van der Waals surface area contributed by atoms with Gasteiger partial charge in [0.05, 0.1) is 11.2 Å². The van der Waals surface area contributed by atoms with Gasteiger partial charge in [-0.15, -0.1) is 0 Å². The molecule has 1 N–H and O–H groups in total. The summed E-state index contributed by atoms with van der Waals surface area (Å²) in [5.41, 5.74) is 4.48. The van der Waals surface area contributed by atoms with Crippen molar-refractivity contribution in [2.75, 3.05) is 0 Å². The fourth-order valence-electron chi connectivity index (χ4n) is 2.68. The lowest BCUT2D eigenvalue weighted by Gasteiger charge is -1.97. The molecule has 100 valence electrons. The third kappa shape index (κ3) is 2.11. The molecule has 2 heterocycles. The highest BCUT2D eigenvalue weighted by Gasteiger charge is 2.05. The van der Waals surface area contributed by atoms with Gasteiger partial charge in [0.15, 0.2) is 0 Å². The van der Waals surface area contributed by atoms with Crippen LogP contribution >= 0.6 is 0 Å². The van der Waals surface area contributed by atoms with E-state index in [1.54, 1.807) is 0 Å². The quantitative estimate of drug-likeness (QED) is 0.552. The lowest BCUT2D eigenvalue weighted by molar-refractivity contribution is 1.30. The van der Waals surface area contributed by atoms with Crippen LogP contribution in [-0.4, -0.2) is 9.97 Å². The molecule has 0 fully saturated rings. The predicted octanol–water partition coefficient (Wildman–Crippen LogP) is 4.89. The first kappa shape index (κ1) is 11.9. The fraction of sp³-hybridized carbons (Fsp3) is 0. The van der Waals surface area contributed by atoms with Crippen LogP contribution in [0.3, 0.4) is 0 Å².